The van der Waals surface area contributed by atoms with Crippen molar-refractivity contribution in [1.29, 1.82) is 0 Å². The quantitative estimate of drug-likeness (QED) is 0.675. The van der Waals surface area contributed by atoms with E-state index in [1.165, 1.54) is 49.8 Å². The number of hydrogen-bond acceptors (Lipinski definition) is 2. The van der Waals surface area contributed by atoms with Crippen LogP contribution in [0.1, 0.15) is 87.5 Å². The van der Waals surface area contributed by atoms with E-state index in [1.54, 1.807) is 0 Å². The van der Waals surface area contributed by atoms with Gasteiger partial charge in [0.1, 0.15) is 0 Å². The SMILES string of the molecule is CC(C)(C)C1CCc2c(c(C(=O)NC34CC5CC(CC(C5)C3)C4)nn2-c2ccccc2)C1. The van der Waals surface area contributed by atoms with E-state index in [1.807, 2.05) is 6.07 Å². The Morgan fingerprint density at radius 1 is 1.03 bits per heavy atom. The molecule has 0 radical (unpaired) electrons. The van der Waals surface area contributed by atoms with E-state index in [0.717, 1.165) is 42.7 Å². The average molecular weight is 432 g/mol. The summed E-state index contributed by atoms with van der Waals surface area (Å²) in [5.74, 6) is 3.12. The van der Waals surface area contributed by atoms with Crippen LogP contribution in [0.25, 0.3) is 5.69 Å². The van der Waals surface area contributed by atoms with Crippen molar-refractivity contribution >= 4 is 5.91 Å². The molecule has 2 aromatic rings. The van der Waals surface area contributed by atoms with Gasteiger partial charge < -0.3 is 5.32 Å². The van der Waals surface area contributed by atoms with Gasteiger partial charge in [0.2, 0.25) is 0 Å². The van der Waals surface area contributed by atoms with Crippen molar-refractivity contribution in [2.45, 2.75) is 84.1 Å². The molecule has 1 heterocycles. The number of carbonyl (C=O) groups excluding carboxylic acids is 1. The third-order valence-electron chi connectivity index (χ3n) is 9.13. The van der Waals surface area contributed by atoms with Crippen LogP contribution in [0, 0.1) is 29.1 Å². The van der Waals surface area contributed by atoms with Crippen molar-refractivity contribution in [2.24, 2.45) is 29.1 Å². The highest BCUT2D eigenvalue weighted by Crippen LogP contribution is 2.55. The van der Waals surface area contributed by atoms with Gasteiger partial charge in [-0.3, -0.25) is 4.79 Å². The zero-order chi connectivity index (χ0) is 22.1. The van der Waals surface area contributed by atoms with Crippen molar-refractivity contribution in [3.05, 3.63) is 47.3 Å². The first-order valence-corrected chi connectivity index (χ1v) is 12.8. The Morgan fingerprint density at radius 3 is 2.25 bits per heavy atom. The molecule has 170 valence electrons. The van der Waals surface area contributed by atoms with Gasteiger partial charge >= 0.3 is 0 Å². The Labute approximate surface area is 192 Å². The first kappa shape index (κ1) is 20.5. The number of fused-ring (bicyclic) bond motifs is 1. The Kier molecular flexibility index (Phi) is 4.61. The summed E-state index contributed by atoms with van der Waals surface area (Å²) in [6.07, 6.45) is 10.8. The van der Waals surface area contributed by atoms with Crippen LogP contribution in [-0.4, -0.2) is 21.2 Å². The minimum absolute atomic E-state index is 0.0212. The average Bonchev–Trinajstić information content (AvgIpc) is 3.11. The van der Waals surface area contributed by atoms with Crippen molar-refractivity contribution in [3.8, 4) is 5.69 Å². The smallest absolute Gasteiger partial charge is 0.272 e. The van der Waals surface area contributed by atoms with Crippen LogP contribution in [0.4, 0.5) is 0 Å². The Hall–Kier alpha value is -2.10. The molecule has 4 fully saturated rings. The molecule has 7 rings (SSSR count). The lowest BCUT2D eigenvalue weighted by Gasteiger charge is -2.56. The Morgan fingerprint density at radius 2 is 1.66 bits per heavy atom. The molecule has 4 bridgehead atoms. The van der Waals surface area contributed by atoms with E-state index >= 15 is 0 Å². The zero-order valence-corrected chi connectivity index (χ0v) is 19.9. The van der Waals surface area contributed by atoms with Gasteiger partial charge in [-0.05, 0) is 99.0 Å². The van der Waals surface area contributed by atoms with E-state index in [2.05, 4.69) is 55.0 Å². The lowest BCUT2D eigenvalue weighted by Crippen LogP contribution is -2.60. The molecule has 1 aromatic heterocycles. The lowest BCUT2D eigenvalue weighted by atomic mass is 9.53. The molecule has 0 spiro atoms. The number of benzene rings is 1. The van der Waals surface area contributed by atoms with Gasteiger partial charge in [-0.15, -0.1) is 0 Å². The van der Waals surface area contributed by atoms with Crippen LogP contribution in [0.15, 0.2) is 30.3 Å². The van der Waals surface area contributed by atoms with Gasteiger partial charge in [0.05, 0.1) is 5.69 Å². The first-order chi connectivity index (χ1) is 15.3. The van der Waals surface area contributed by atoms with Crippen molar-refractivity contribution in [2.75, 3.05) is 0 Å². The molecule has 4 nitrogen and oxygen atoms in total. The van der Waals surface area contributed by atoms with Crippen LogP contribution in [-0.2, 0) is 12.8 Å². The van der Waals surface area contributed by atoms with Crippen LogP contribution < -0.4 is 5.32 Å². The minimum Gasteiger partial charge on any atom is -0.345 e. The van der Waals surface area contributed by atoms with Crippen LogP contribution >= 0.6 is 0 Å². The fraction of sp³-hybridized carbons (Fsp3) is 0.643. The molecule has 5 aliphatic carbocycles. The van der Waals surface area contributed by atoms with E-state index < -0.39 is 0 Å². The molecule has 0 aliphatic heterocycles. The number of nitrogens with zero attached hydrogens (tertiary/aromatic N) is 2. The van der Waals surface area contributed by atoms with Gasteiger partial charge in [0.25, 0.3) is 5.91 Å². The molecule has 5 aliphatic rings. The van der Waals surface area contributed by atoms with Gasteiger partial charge in [-0.25, -0.2) is 4.68 Å². The second-order valence-electron chi connectivity index (χ2n) is 12.5. The van der Waals surface area contributed by atoms with Gasteiger partial charge in [0, 0.05) is 16.8 Å². The summed E-state index contributed by atoms with van der Waals surface area (Å²) in [7, 11) is 0. The molecule has 4 saturated carbocycles. The molecular weight excluding hydrogens is 394 g/mol. The topological polar surface area (TPSA) is 46.9 Å². The number of nitrogens with one attached hydrogen (secondary N) is 1. The maximum absolute atomic E-state index is 13.8. The number of carbonyl (C=O) groups is 1. The predicted molar refractivity (Wildman–Crippen MR) is 127 cm³/mol. The number of amides is 1. The molecule has 4 heteroatoms. The Bertz CT molecular complexity index is 994. The summed E-state index contributed by atoms with van der Waals surface area (Å²) in [6.45, 7) is 7.00. The zero-order valence-electron chi connectivity index (χ0n) is 19.9. The maximum Gasteiger partial charge on any atom is 0.272 e. The van der Waals surface area contributed by atoms with Crippen molar-refractivity contribution in [1.82, 2.24) is 15.1 Å². The fourth-order valence-electron chi connectivity index (χ4n) is 7.88. The summed E-state index contributed by atoms with van der Waals surface area (Å²) in [6, 6.07) is 10.3. The summed E-state index contributed by atoms with van der Waals surface area (Å²) < 4.78 is 2.06. The summed E-state index contributed by atoms with van der Waals surface area (Å²) in [4.78, 5) is 13.8. The maximum atomic E-state index is 13.8. The predicted octanol–water partition coefficient (Wildman–Crippen LogP) is 5.72. The third kappa shape index (κ3) is 3.41. The highest BCUT2D eigenvalue weighted by molar-refractivity contribution is 5.94. The minimum atomic E-state index is 0.0212. The largest absolute Gasteiger partial charge is 0.345 e. The molecule has 32 heavy (non-hydrogen) atoms. The highest BCUT2D eigenvalue weighted by Gasteiger charge is 2.52. The lowest BCUT2D eigenvalue weighted by molar-refractivity contribution is -0.0168. The van der Waals surface area contributed by atoms with Crippen LogP contribution in [0.2, 0.25) is 0 Å². The second kappa shape index (κ2) is 7.20. The summed E-state index contributed by atoms with van der Waals surface area (Å²) in [5, 5.41) is 8.58. The molecule has 1 N–H and O–H groups in total. The summed E-state index contributed by atoms with van der Waals surface area (Å²) in [5.41, 5.74) is 4.45. The standard InChI is InChI=1S/C28H37N3O/c1-27(2,3)21-9-10-24-23(14-21)25(30-31(24)22-7-5-4-6-8-22)26(32)29-28-15-18-11-19(16-28)13-20(12-18)17-28/h4-8,18-21H,9-17H2,1-3H3,(H,29,32). The van der Waals surface area contributed by atoms with Gasteiger partial charge in [-0.2, -0.15) is 5.10 Å². The van der Waals surface area contributed by atoms with Crippen LogP contribution in [0.3, 0.4) is 0 Å². The Balaban J connectivity index is 1.36. The molecule has 0 saturated heterocycles. The monoisotopic (exact) mass is 431 g/mol. The van der Waals surface area contributed by atoms with Crippen molar-refractivity contribution in [3.63, 3.8) is 0 Å². The summed E-state index contributed by atoms with van der Waals surface area (Å²) >= 11 is 0. The second-order valence-corrected chi connectivity index (χ2v) is 12.5. The highest BCUT2D eigenvalue weighted by atomic mass is 16.2. The van der Waals surface area contributed by atoms with E-state index in [4.69, 9.17) is 5.10 Å². The van der Waals surface area contributed by atoms with Gasteiger partial charge in [-0.1, -0.05) is 39.0 Å². The molecule has 1 aromatic carbocycles. The number of rotatable bonds is 3. The number of para-hydroxylation sites is 1. The van der Waals surface area contributed by atoms with E-state index in [-0.39, 0.29) is 16.9 Å². The van der Waals surface area contributed by atoms with Crippen molar-refractivity contribution < 1.29 is 4.79 Å². The van der Waals surface area contributed by atoms with Gasteiger partial charge in [0.15, 0.2) is 5.69 Å². The molecule has 1 atom stereocenters. The molecule has 1 amide bonds. The van der Waals surface area contributed by atoms with E-state index in [9.17, 15) is 4.79 Å². The van der Waals surface area contributed by atoms with E-state index in [0.29, 0.717) is 11.6 Å². The number of aromatic nitrogens is 2. The molecular formula is C28H37N3O. The molecule has 1 unspecified atom stereocenters. The third-order valence-corrected chi connectivity index (χ3v) is 9.13. The first-order valence-electron chi connectivity index (χ1n) is 12.8. The van der Waals surface area contributed by atoms with Crippen LogP contribution in [0.5, 0.6) is 0 Å². The number of hydrogen-bond donors (Lipinski definition) is 1. The normalized spacial score (nSPS) is 33.2. The fourth-order valence-corrected chi connectivity index (χ4v) is 7.88.